The Kier molecular flexibility index (Phi) is 7.36. The fourth-order valence-electron chi connectivity index (χ4n) is 2.30. The van der Waals surface area contributed by atoms with Crippen molar-refractivity contribution in [3.63, 3.8) is 0 Å². The lowest BCUT2D eigenvalue weighted by Gasteiger charge is -2.12. The van der Waals surface area contributed by atoms with Gasteiger partial charge in [-0.05, 0) is 30.5 Å². The van der Waals surface area contributed by atoms with Gasteiger partial charge in [-0.3, -0.25) is 9.79 Å². The summed E-state index contributed by atoms with van der Waals surface area (Å²) in [5, 5.41) is 7.26. The third-order valence-corrected chi connectivity index (χ3v) is 4.01. The molecule has 1 aromatic heterocycles. The van der Waals surface area contributed by atoms with E-state index in [1.807, 2.05) is 36.5 Å². The third kappa shape index (κ3) is 5.74. The Labute approximate surface area is 147 Å². The molecule has 2 rings (SSSR count). The second-order valence-corrected chi connectivity index (χ2v) is 5.79. The van der Waals surface area contributed by atoms with Crippen LogP contribution in [-0.4, -0.2) is 24.1 Å². The SMILES string of the molecule is CN=C(NCCCCn1ccccc1=O)NCc1ccccc1Cl. The van der Waals surface area contributed by atoms with Gasteiger partial charge >= 0.3 is 0 Å². The Morgan fingerprint density at radius 2 is 1.92 bits per heavy atom. The lowest BCUT2D eigenvalue weighted by molar-refractivity contribution is 0.585. The summed E-state index contributed by atoms with van der Waals surface area (Å²) >= 11 is 6.14. The van der Waals surface area contributed by atoms with Gasteiger partial charge in [-0.25, -0.2) is 0 Å². The molecule has 0 saturated carbocycles. The second-order valence-electron chi connectivity index (χ2n) is 5.38. The summed E-state index contributed by atoms with van der Waals surface area (Å²) in [7, 11) is 1.74. The molecular weight excluding hydrogens is 324 g/mol. The number of benzene rings is 1. The highest BCUT2D eigenvalue weighted by atomic mass is 35.5. The molecule has 0 aliphatic rings. The Morgan fingerprint density at radius 3 is 2.67 bits per heavy atom. The zero-order valence-electron chi connectivity index (χ0n) is 13.8. The lowest BCUT2D eigenvalue weighted by Crippen LogP contribution is -2.37. The van der Waals surface area contributed by atoms with Crippen LogP contribution in [0.3, 0.4) is 0 Å². The molecule has 2 N–H and O–H groups in total. The summed E-state index contributed by atoms with van der Waals surface area (Å²) in [6, 6.07) is 13.0. The normalized spacial score (nSPS) is 11.3. The number of aryl methyl sites for hydroxylation is 1. The Morgan fingerprint density at radius 1 is 1.12 bits per heavy atom. The molecule has 2 aromatic rings. The van der Waals surface area contributed by atoms with Crippen LogP contribution in [0.25, 0.3) is 0 Å². The molecule has 0 saturated heterocycles. The predicted octanol–water partition coefficient (Wildman–Crippen LogP) is 2.65. The van der Waals surface area contributed by atoms with Gasteiger partial charge in [-0.15, -0.1) is 0 Å². The van der Waals surface area contributed by atoms with E-state index in [1.54, 1.807) is 23.7 Å². The molecule has 0 fully saturated rings. The molecule has 128 valence electrons. The predicted molar refractivity (Wildman–Crippen MR) is 99.6 cm³/mol. The molecule has 0 spiro atoms. The van der Waals surface area contributed by atoms with E-state index in [2.05, 4.69) is 15.6 Å². The number of nitrogens with zero attached hydrogens (tertiary/aromatic N) is 2. The summed E-state index contributed by atoms with van der Waals surface area (Å²) in [5.41, 5.74) is 1.08. The maximum atomic E-state index is 11.6. The quantitative estimate of drug-likeness (QED) is 0.460. The van der Waals surface area contributed by atoms with Crippen molar-refractivity contribution in [3.05, 3.63) is 69.6 Å². The standard InChI is InChI=1S/C18H23ClN4O/c1-20-18(22-14-15-8-2-3-9-16(15)19)21-11-5-7-13-23-12-6-4-10-17(23)24/h2-4,6,8-10,12H,5,7,11,13-14H2,1H3,(H2,20,21,22). The van der Waals surface area contributed by atoms with E-state index >= 15 is 0 Å². The van der Waals surface area contributed by atoms with Crippen LogP contribution in [0.1, 0.15) is 18.4 Å². The number of unbranched alkanes of at least 4 members (excludes halogenated alkanes) is 1. The van der Waals surface area contributed by atoms with Crippen molar-refractivity contribution >= 4 is 17.6 Å². The number of rotatable bonds is 7. The number of aliphatic imine (C=N–C) groups is 1. The van der Waals surface area contributed by atoms with Crippen molar-refractivity contribution in [3.8, 4) is 0 Å². The highest BCUT2D eigenvalue weighted by molar-refractivity contribution is 6.31. The first-order chi connectivity index (χ1) is 11.7. The van der Waals surface area contributed by atoms with E-state index in [9.17, 15) is 4.79 Å². The lowest BCUT2D eigenvalue weighted by atomic mass is 10.2. The van der Waals surface area contributed by atoms with Gasteiger partial charge in [0.25, 0.3) is 0 Å². The minimum atomic E-state index is 0.0441. The average Bonchev–Trinajstić information content (AvgIpc) is 2.60. The minimum Gasteiger partial charge on any atom is -0.356 e. The highest BCUT2D eigenvalue weighted by Crippen LogP contribution is 2.14. The van der Waals surface area contributed by atoms with Crippen LogP contribution < -0.4 is 16.2 Å². The molecule has 0 aliphatic heterocycles. The van der Waals surface area contributed by atoms with Crippen molar-refractivity contribution in [1.82, 2.24) is 15.2 Å². The van der Waals surface area contributed by atoms with Gasteiger partial charge in [0.2, 0.25) is 5.56 Å². The maximum Gasteiger partial charge on any atom is 0.250 e. The first-order valence-corrected chi connectivity index (χ1v) is 8.42. The minimum absolute atomic E-state index is 0.0441. The zero-order valence-corrected chi connectivity index (χ0v) is 14.6. The number of pyridine rings is 1. The van der Waals surface area contributed by atoms with E-state index < -0.39 is 0 Å². The van der Waals surface area contributed by atoms with Gasteiger partial charge in [0.15, 0.2) is 5.96 Å². The van der Waals surface area contributed by atoms with Crippen molar-refractivity contribution in [1.29, 1.82) is 0 Å². The van der Waals surface area contributed by atoms with Crippen LogP contribution in [0.4, 0.5) is 0 Å². The number of nitrogens with one attached hydrogen (secondary N) is 2. The molecule has 6 heteroatoms. The number of aromatic nitrogens is 1. The highest BCUT2D eigenvalue weighted by Gasteiger charge is 2.01. The summed E-state index contributed by atoms with van der Waals surface area (Å²) in [6.07, 6.45) is 3.70. The van der Waals surface area contributed by atoms with E-state index in [0.29, 0.717) is 6.54 Å². The average molecular weight is 347 g/mol. The summed E-state index contributed by atoms with van der Waals surface area (Å²) in [4.78, 5) is 15.8. The monoisotopic (exact) mass is 346 g/mol. The molecule has 1 heterocycles. The largest absolute Gasteiger partial charge is 0.356 e. The van der Waals surface area contributed by atoms with Gasteiger partial charge in [-0.1, -0.05) is 35.9 Å². The maximum absolute atomic E-state index is 11.6. The number of hydrogen-bond donors (Lipinski definition) is 2. The zero-order chi connectivity index (χ0) is 17.2. The van der Waals surface area contributed by atoms with Gasteiger partial charge in [0.1, 0.15) is 0 Å². The van der Waals surface area contributed by atoms with Crippen molar-refractivity contribution < 1.29 is 0 Å². The summed E-state index contributed by atoms with van der Waals surface area (Å²) < 4.78 is 1.73. The Bertz CT molecular complexity index is 727. The first-order valence-electron chi connectivity index (χ1n) is 8.04. The van der Waals surface area contributed by atoms with Gasteiger partial charge < -0.3 is 15.2 Å². The summed E-state index contributed by atoms with van der Waals surface area (Å²) in [6.45, 7) is 2.15. The fraction of sp³-hybridized carbons (Fsp3) is 0.333. The van der Waals surface area contributed by atoms with Crippen LogP contribution in [0.15, 0.2) is 58.4 Å². The number of halogens is 1. The molecular formula is C18H23ClN4O. The first kappa shape index (κ1) is 18.1. The van der Waals surface area contributed by atoms with E-state index in [1.165, 1.54) is 0 Å². The van der Waals surface area contributed by atoms with Crippen molar-refractivity contribution in [2.75, 3.05) is 13.6 Å². The van der Waals surface area contributed by atoms with Crippen molar-refractivity contribution in [2.45, 2.75) is 25.9 Å². The smallest absolute Gasteiger partial charge is 0.250 e. The summed E-state index contributed by atoms with van der Waals surface area (Å²) in [5.74, 6) is 0.742. The topological polar surface area (TPSA) is 58.4 Å². The number of guanidine groups is 1. The van der Waals surface area contributed by atoms with Gasteiger partial charge in [0, 0.05) is 44.0 Å². The Hall–Kier alpha value is -2.27. The van der Waals surface area contributed by atoms with Crippen LogP contribution in [0.2, 0.25) is 5.02 Å². The molecule has 24 heavy (non-hydrogen) atoms. The molecule has 0 bridgehead atoms. The van der Waals surface area contributed by atoms with Crippen LogP contribution in [-0.2, 0) is 13.1 Å². The molecule has 1 aromatic carbocycles. The third-order valence-electron chi connectivity index (χ3n) is 3.64. The van der Waals surface area contributed by atoms with Gasteiger partial charge in [-0.2, -0.15) is 0 Å². The second kappa shape index (κ2) is 9.78. The molecule has 0 atom stereocenters. The van der Waals surface area contributed by atoms with E-state index in [-0.39, 0.29) is 5.56 Å². The van der Waals surface area contributed by atoms with Crippen molar-refractivity contribution in [2.24, 2.45) is 4.99 Å². The molecule has 0 aliphatic carbocycles. The number of hydrogen-bond acceptors (Lipinski definition) is 2. The molecule has 5 nitrogen and oxygen atoms in total. The molecule has 0 radical (unpaired) electrons. The fourth-order valence-corrected chi connectivity index (χ4v) is 2.50. The molecule has 0 unspecified atom stereocenters. The van der Waals surface area contributed by atoms with Crippen LogP contribution >= 0.6 is 11.6 Å². The van der Waals surface area contributed by atoms with Gasteiger partial charge in [0.05, 0.1) is 0 Å². The van der Waals surface area contributed by atoms with E-state index in [0.717, 1.165) is 42.5 Å². The van der Waals surface area contributed by atoms with Crippen LogP contribution in [0, 0.1) is 0 Å². The Balaban J connectivity index is 1.68. The molecule has 0 amide bonds. The van der Waals surface area contributed by atoms with Crippen LogP contribution in [0.5, 0.6) is 0 Å². The van der Waals surface area contributed by atoms with E-state index in [4.69, 9.17) is 11.6 Å².